The molecule has 84 valence electrons. The van der Waals surface area contributed by atoms with Crippen LogP contribution in [0.25, 0.3) is 0 Å². The van der Waals surface area contributed by atoms with Crippen LogP contribution in [-0.2, 0) is 4.74 Å². The molecule has 0 bridgehead atoms. The average molecular weight is 199 g/mol. The molecular weight excluding hydrogens is 174 g/mol. The molecule has 0 amide bonds. The van der Waals surface area contributed by atoms with Crippen molar-refractivity contribution in [2.45, 2.75) is 45.6 Å². The van der Waals surface area contributed by atoms with E-state index in [-0.39, 0.29) is 0 Å². The third kappa shape index (κ3) is 9.75. The first-order chi connectivity index (χ1) is 6.81. The van der Waals surface area contributed by atoms with Gasteiger partial charge >= 0.3 is 0 Å². The van der Waals surface area contributed by atoms with E-state index in [9.17, 15) is 0 Å². The molecule has 14 heavy (non-hydrogen) atoms. The fourth-order valence-corrected chi connectivity index (χ4v) is 1.18. The van der Waals surface area contributed by atoms with Gasteiger partial charge in [0.25, 0.3) is 0 Å². The first-order valence-corrected chi connectivity index (χ1v) is 5.74. The molecule has 2 nitrogen and oxygen atoms in total. The number of nitrogens with one attached hydrogen (secondary N) is 1. The molecule has 1 atom stereocenters. The van der Waals surface area contributed by atoms with Gasteiger partial charge in [-0.3, -0.25) is 0 Å². The number of unbranched alkanes of at least 4 members (excludes halogenated alkanes) is 2. The van der Waals surface area contributed by atoms with Crippen molar-refractivity contribution in [2.24, 2.45) is 0 Å². The van der Waals surface area contributed by atoms with Gasteiger partial charge < -0.3 is 10.1 Å². The summed E-state index contributed by atoms with van der Waals surface area (Å²) in [5, 5.41) is 3.38. The summed E-state index contributed by atoms with van der Waals surface area (Å²) in [6, 6.07) is 0. The Bertz CT molecular complexity index is 125. The maximum Gasteiger partial charge on any atom is 0.0671 e. The van der Waals surface area contributed by atoms with E-state index in [0.29, 0.717) is 6.10 Å². The Hall–Kier alpha value is -0.340. The van der Waals surface area contributed by atoms with Crippen LogP contribution in [-0.4, -0.2) is 25.8 Å². The predicted octanol–water partition coefficient (Wildman–Crippen LogP) is 2.75. The lowest BCUT2D eigenvalue weighted by molar-refractivity contribution is 0.0648. The molecule has 0 fully saturated rings. The third-order valence-electron chi connectivity index (χ3n) is 2.09. The lowest BCUT2D eigenvalue weighted by atomic mass is 10.3. The summed E-state index contributed by atoms with van der Waals surface area (Å²) in [5.74, 6) is 0. The summed E-state index contributed by atoms with van der Waals surface area (Å²) < 4.78 is 5.61. The van der Waals surface area contributed by atoms with Crippen molar-refractivity contribution < 1.29 is 4.74 Å². The maximum absolute atomic E-state index is 5.61. The van der Waals surface area contributed by atoms with E-state index < -0.39 is 0 Å². The molecule has 0 aliphatic heterocycles. The van der Waals surface area contributed by atoms with Gasteiger partial charge in [0.15, 0.2) is 0 Å². The van der Waals surface area contributed by atoms with E-state index in [1.54, 1.807) is 0 Å². The molecule has 0 aromatic carbocycles. The van der Waals surface area contributed by atoms with Gasteiger partial charge in [-0.1, -0.05) is 19.4 Å². The van der Waals surface area contributed by atoms with E-state index in [1.165, 1.54) is 12.8 Å². The Kier molecular flexibility index (Phi) is 10.5. The zero-order valence-corrected chi connectivity index (χ0v) is 9.72. The molecule has 0 aromatic rings. The SMILES string of the molecule is C=CCCCOC(C)CNCCCC. The quantitative estimate of drug-likeness (QED) is 0.431. The lowest BCUT2D eigenvalue weighted by Gasteiger charge is -2.13. The molecule has 2 heteroatoms. The number of hydrogen-bond acceptors (Lipinski definition) is 2. The average Bonchev–Trinajstić information content (AvgIpc) is 2.19. The van der Waals surface area contributed by atoms with E-state index in [1.807, 2.05) is 6.08 Å². The van der Waals surface area contributed by atoms with E-state index in [2.05, 4.69) is 25.7 Å². The lowest BCUT2D eigenvalue weighted by Crippen LogP contribution is -2.27. The second-order valence-electron chi connectivity index (χ2n) is 3.67. The Morgan fingerprint density at radius 1 is 1.43 bits per heavy atom. The standard InChI is InChI=1S/C12H25NO/c1-4-6-8-10-14-12(3)11-13-9-7-5-2/h4,12-13H,1,5-11H2,2-3H3. The van der Waals surface area contributed by atoms with Crippen molar-refractivity contribution >= 4 is 0 Å². The van der Waals surface area contributed by atoms with Gasteiger partial charge in [-0.2, -0.15) is 0 Å². The summed E-state index contributed by atoms with van der Waals surface area (Å²) in [6.45, 7) is 10.9. The van der Waals surface area contributed by atoms with Gasteiger partial charge in [-0.25, -0.2) is 0 Å². The minimum Gasteiger partial charge on any atom is -0.377 e. The van der Waals surface area contributed by atoms with Gasteiger partial charge in [0, 0.05) is 13.2 Å². The Labute approximate surface area is 88.7 Å². The van der Waals surface area contributed by atoms with E-state index in [4.69, 9.17) is 4.74 Å². The zero-order chi connectivity index (χ0) is 10.6. The smallest absolute Gasteiger partial charge is 0.0671 e. The predicted molar refractivity (Wildman–Crippen MR) is 62.6 cm³/mol. The first-order valence-electron chi connectivity index (χ1n) is 5.74. The molecule has 0 heterocycles. The molecular formula is C12H25NO. The van der Waals surface area contributed by atoms with Crippen LogP contribution in [0.4, 0.5) is 0 Å². The molecule has 0 aromatic heterocycles. The maximum atomic E-state index is 5.61. The van der Waals surface area contributed by atoms with Crippen LogP contribution in [0.5, 0.6) is 0 Å². The van der Waals surface area contributed by atoms with Gasteiger partial charge in [0.1, 0.15) is 0 Å². The van der Waals surface area contributed by atoms with Gasteiger partial charge in [-0.15, -0.1) is 6.58 Å². The van der Waals surface area contributed by atoms with Gasteiger partial charge in [0.05, 0.1) is 6.10 Å². The Morgan fingerprint density at radius 3 is 2.86 bits per heavy atom. The second-order valence-corrected chi connectivity index (χ2v) is 3.67. The van der Waals surface area contributed by atoms with Crippen LogP contribution in [0.1, 0.15) is 39.5 Å². The highest BCUT2D eigenvalue weighted by molar-refractivity contribution is 4.65. The highest BCUT2D eigenvalue weighted by Gasteiger charge is 1.99. The molecule has 1 unspecified atom stereocenters. The summed E-state index contributed by atoms with van der Waals surface area (Å²) in [4.78, 5) is 0. The third-order valence-corrected chi connectivity index (χ3v) is 2.09. The van der Waals surface area contributed by atoms with Gasteiger partial charge in [-0.05, 0) is 32.7 Å². The number of rotatable bonds is 10. The molecule has 0 aliphatic carbocycles. The Balaban J connectivity index is 3.10. The number of hydrogen-bond donors (Lipinski definition) is 1. The Morgan fingerprint density at radius 2 is 2.21 bits per heavy atom. The highest BCUT2D eigenvalue weighted by atomic mass is 16.5. The van der Waals surface area contributed by atoms with Crippen LogP contribution in [0.2, 0.25) is 0 Å². The molecule has 0 saturated carbocycles. The van der Waals surface area contributed by atoms with Crippen molar-refractivity contribution in [3.8, 4) is 0 Å². The minimum absolute atomic E-state index is 0.330. The van der Waals surface area contributed by atoms with Gasteiger partial charge in [0.2, 0.25) is 0 Å². The summed E-state index contributed by atoms with van der Waals surface area (Å²) in [6.07, 6.45) is 6.91. The van der Waals surface area contributed by atoms with Crippen LogP contribution < -0.4 is 5.32 Å². The molecule has 0 rings (SSSR count). The fourth-order valence-electron chi connectivity index (χ4n) is 1.18. The zero-order valence-electron chi connectivity index (χ0n) is 9.72. The molecule has 0 saturated heterocycles. The van der Waals surface area contributed by atoms with Crippen LogP contribution >= 0.6 is 0 Å². The number of allylic oxidation sites excluding steroid dienone is 1. The monoisotopic (exact) mass is 199 g/mol. The van der Waals surface area contributed by atoms with Crippen molar-refractivity contribution in [3.05, 3.63) is 12.7 Å². The van der Waals surface area contributed by atoms with Crippen LogP contribution in [0, 0.1) is 0 Å². The molecule has 0 aliphatic rings. The van der Waals surface area contributed by atoms with Crippen molar-refractivity contribution in [2.75, 3.05) is 19.7 Å². The second kappa shape index (κ2) is 10.7. The number of ether oxygens (including phenoxy) is 1. The minimum atomic E-state index is 0.330. The molecule has 1 N–H and O–H groups in total. The van der Waals surface area contributed by atoms with Crippen molar-refractivity contribution in [1.29, 1.82) is 0 Å². The molecule has 0 spiro atoms. The summed E-state index contributed by atoms with van der Waals surface area (Å²) >= 11 is 0. The summed E-state index contributed by atoms with van der Waals surface area (Å²) in [5.41, 5.74) is 0. The van der Waals surface area contributed by atoms with Crippen molar-refractivity contribution in [3.63, 3.8) is 0 Å². The fraction of sp³-hybridized carbons (Fsp3) is 0.833. The largest absolute Gasteiger partial charge is 0.377 e. The van der Waals surface area contributed by atoms with Crippen molar-refractivity contribution in [1.82, 2.24) is 5.32 Å². The van der Waals surface area contributed by atoms with E-state index in [0.717, 1.165) is 32.5 Å². The topological polar surface area (TPSA) is 21.3 Å². The van der Waals surface area contributed by atoms with Crippen LogP contribution in [0.15, 0.2) is 12.7 Å². The molecule has 0 radical (unpaired) electrons. The normalized spacial score (nSPS) is 12.7. The summed E-state index contributed by atoms with van der Waals surface area (Å²) in [7, 11) is 0. The van der Waals surface area contributed by atoms with Crippen LogP contribution in [0.3, 0.4) is 0 Å². The first kappa shape index (κ1) is 13.7. The van der Waals surface area contributed by atoms with E-state index >= 15 is 0 Å². The highest BCUT2D eigenvalue weighted by Crippen LogP contribution is 1.95.